The molecule has 1 aliphatic heterocycles. The van der Waals surface area contributed by atoms with E-state index in [1.807, 2.05) is 24.3 Å². The summed E-state index contributed by atoms with van der Waals surface area (Å²) in [6.07, 6.45) is 1.66. The van der Waals surface area contributed by atoms with Crippen LogP contribution >= 0.6 is 0 Å². The molecule has 1 aliphatic rings. The minimum absolute atomic E-state index is 0.0849. The molecular weight excluding hydrogens is 456 g/mol. The zero-order valence-electron chi connectivity index (χ0n) is 17.1. The molecule has 0 spiro atoms. The van der Waals surface area contributed by atoms with Crippen LogP contribution in [0.3, 0.4) is 0 Å². The van der Waals surface area contributed by atoms with E-state index in [-0.39, 0.29) is 22.4 Å². The maximum Gasteiger partial charge on any atom is 0.322 e. The van der Waals surface area contributed by atoms with Gasteiger partial charge in [-0.15, -0.1) is 5.10 Å². The Morgan fingerprint density at radius 2 is 1.72 bits per heavy atom. The first kappa shape index (κ1) is 22.1. The summed E-state index contributed by atoms with van der Waals surface area (Å²) < 4.78 is 55.1. The van der Waals surface area contributed by atoms with E-state index in [9.17, 15) is 21.6 Å². The molecule has 2 aromatic carbocycles. The Hall–Kier alpha value is -3.09. The number of hydrogen-bond donors (Lipinski definition) is 1. The van der Waals surface area contributed by atoms with E-state index in [0.717, 1.165) is 17.4 Å². The molecule has 2 heterocycles. The summed E-state index contributed by atoms with van der Waals surface area (Å²) in [6.45, 7) is 0.683. The zero-order chi connectivity index (χ0) is 22.9. The molecule has 0 saturated carbocycles. The molecule has 1 N–H and O–H groups in total. The van der Waals surface area contributed by atoms with Gasteiger partial charge in [-0.3, -0.25) is 10.1 Å². The number of rotatable bonds is 6. The van der Waals surface area contributed by atoms with Gasteiger partial charge in [0.2, 0.25) is 15.9 Å². The molecule has 0 aliphatic carbocycles. The van der Waals surface area contributed by atoms with E-state index in [1.54, 1.807) is 0 Å². The molecule has 0 atom stereocenters. The fraction of sp³-hybridized carbons (Fsp3) is 0.250. The van der Waals surface area contributed by atoms with Gasteiger partial charge in [-0.05, 0) is 41.8 Å². The highest BCUT2D eigenvalue weighted by Gasteiger charge is 2.28. The Labute approximate surface area is 185 Å². The van der Waals surface area contributed by atoms with Crippen molar-refractivity contribution in [2.75, 3.05) is 18.1 Å². The molecule has 0 bridgehead atoms. The van der Waals surface area contributed by atoms with Crippen LogP contribution in [0.25, 0.3) is 0 Å². The first-order valence-corrected chi connectivity index (χ1v) is 13.1. The Kier molecular flexibility index (Phi) is 5.84. The molecule has 0 radical (unpaired) electrons. The molecule has 1 amide bonds. The Bertz CT molecular complexity index is 1370. The second-order valence-electron chi connectivity index (χ2n) is 7.41. The molecule has 10 nitrogen and oxygen atoms in total. The highest BCUT2D eigenvalue weighted by atomic mass is 32.2. The van der Waals surface area contributed by atoms with Crippen molar-refractivity contribution >= 4 is 31.8 Å². The SMILES string of the molecule is CS(=O)(=O)Cc1nnc(NC(=O)c2ccc(S(=O)(=O)N3CCc4ccccc4C3)cc2)o1. The molecule has 0 unspecified atom stereocenters. The summed E-state index contributed by atoms with van der Waals surface area (Å²) in [4.78, 5) is 12.5. The number of sulfonamides is 1. The van der Waals surface area contributed by atoms with Crippen molar-refractivity contribution in [1.29, 1.82) is 0 Å². The van der Waals surface area contributed by atoms with Crippen molar-refractivity contribution in [2.24, 2.45) is 0 Å². The topological polar surface area (TPSA) is 140 Å². The highest BCUT2D eigenvalue weighted by molar-refractivity contribution is 7.89. The van der Waals surface area contributed by atoms with Gasteiger partial charge >= 0.3 is 6.01 Å². The minimum atomic E-state index is -3.72. The molecule has 3 aromatic rings. The Balaban J connectivity index is 1.45. The van der Waals surface area contributed by atoms with Crippen molar-refractivity contribution in [2.45, 2.75) is 23.6 Å². The van der Waals surface area contributed by atoms with Gasteiger partial charge < -0.3 is 4.42 Å². The van der Waals surface area contributed by atoms with Gasteiger partial charge in [0.25, 0.3) is 5.91 Å². The second-order valence-corrected chi connectivity index (χ2v) is 11.5. The first-order valence-electron chi connectivity index (χ1n) is 9.60. The predicted octanol–water partition coefficient (Wildman–Crippen LogP) is 1.61. The number of fused-ring (bicyclic) bond motifs is 1. The van der Waals surface area contributed by atoms with Gasteiger partial charge in [-0.2, -0.15) is 4.31 Å². The standard InChI is InChI=1S/C20H20N4O6S2/c1-31(26,27)13-18-22-23-20(30-18)21-19(25)15-6-8-17(9-7-15)32(28,29)24-11-10-14-4-2-3-5-16(14)12-24/h2-9H,10-13H2,1H3,(H,21,23,25). The molecule has 12 heteroatoms. The lowest BCUT2D eigenvalue weighted by atomic mass is 10.0. The third-order valence-electron chi connectivity index (χ3n) is 4.92. The van der Waals surface area contributed by atoms with Gasteiger partial charge in [0.05, 0.1) is 4.90 Å². The average molecular weight is 477 g/mol. The molecule has 32 heavy (non-hydrogen) atoms. The van der Waals surface area contributed by atoms with E-state index < -0.39 is 31.5 Å². The van der Waals surface area contributed by atoms with E-state index in [0.29, 0.717) is 19.5 Å². The number of hydrogen-bond acceptors (Lipinski definition) is 8. The van der Waals surface area contributed by atoms with Crippen molar-refractivity contribution in [1.82, 2.24) is 14.5 Å². The van der Waals surface area contributed by atoms with Crippen LogP contribution in [0.15, 0.2) is 57.8 Å². The summed E-state index contributed by atoms with van der Waals surface area (Å²) in [6, 6.07) is 13.0. The van der Waals surface area contributed by atoms with Crippen LogP contribution < -0.4 is 5.32 Å². The number of nitrogens with one attached hydrogen (secondary N) is 1. The van der Waals surface area contributed by atoms with E-state index in [4.69, 9.17) is 4.42 Å². The predicted molar refractivity (Wildman–Crippen MR) is 115 cm³/mol. The van der Waals surface area contributed by atoms with Crippen LogP contribution in [0.1, 0.15) is 27.4 Å². The highest BCUT2D eigenvalue weighted by Crippen LogP contribution is 2.25. The average Bonchev–Trinajstić information content (AvgIpc) is 3.18. The fourth-order valence-electron chi connectivity index (χ4n) is 3.36. The van der Waals surface area contributed by atoms with E-state index >= 15 is 0 Å². The molecule has 0 saturated heterocycles. The number of amides is 1. The second kappa shape index (κ2) is 8.45. The van der Waals surface area contributed by atoms with Crippen molar-refractivity contribution in [3.63, 3.8) is 0 Å². The number of nitrogens with zero attached hydrogens (tertiary/aromatic N) is 3. The number of benzene rings is 2. The van der Waals surface area contributed by atoms with E-state index in [1.165, 1.54) is 28.6 Å². The minimum Gasteiger partial charge on any atom is -0.407 e. The van der Waals surface area contributed by atoms with Crippen molar-refractivity contribution < 1.29 is 26.0 Å². The summed E-state index contributed by atoms with van der Waals surface area (Å²) >= 11 is 0. The number of sulfone groups is 1. The fourth-order valence-corrected chi connectivity index (χ4v) is 5.34. The molecule has 4 rings (SSSR count). The lowest BCUT2D eigenvalue weighted by Crippen LogP contribution is -2.35. The van der Waals surface area contributed by atoms with Crippen molar-refractivity contribution in [3.8, 4) is 0 Å². The van der Waals surface area contributed by atoms with E-state index in [2.05, 4.69) is 15.5 Å². The summed E-state index contributed by atoms with van der Waals surface area (Å²) in [5.74, 6) is -1.19. The Morgan fingerprint density at radius 1 is 1.03 bits per heavy atom. The van der Waals surface area contributed by atoms with Crippen molar-refractivity contribution in [3.05, 3.63) is 71.1 Å². The molecule has 1 aromatic heterocycles. The zero-order valence-corrected chi connectivity index (χ0v) is 18.7. The van der Waals surface area contributed by atoms with Gasteiger partial charge in [0.15, 0.2) is 9.84 Å². The van der Waals surface area contributed by atoms with Crippen LogP contribution in [-0.4, -0.2) is 50.0 Å². The smallest absolute Gasteiger partial charge is 0.322 e. The lowest BCUT2D eigenvalue weighted by Gasteiger charge is -2.28. The van der Waals surface area contributed by atoms with Crippen LogP contribution in [0.4, 0.5) is 6.01 Å². The molecule has 168 valence electrons. The quantitative estimate of drug-likeness (QED) is 0.566. The molecule has 0 fully saturated rings. The normalized spacial score (nSPS) is 14.7. The van der Waals surface area contributed by atoms with Gasteiger partial charge in [0.1, 0.15) is 5.75 Å². The maximum absolute atomic E-state index is 13.0. The van der Waals surface area contributed by atoms with Gasteiger partial charge in [-0.1, -0.05) is 29.4 Å². The van der Waals surface area contributed by atoms with Crippen LogP contribution in [0, 0.1) is 0 Å². The summed E-state index contributed by atoms with van der Waals surface area (Å²) in [5.41, 5.74) is 2.30. The van der Waals surface area contributed by atoms with Crippen LogP contribution in [-0.2, 0) is 38.6 Å². The third-order valence-corrected chi connectivity index (χ3v) is 7.55. The largest absolute Gasteiger partial charge is 0.407 e. The van der Waals surface area contributed by atoms with Gasteiger partial charge in [-0.25, -0.2) is 16.8 Å². The van der Waals surface area contributed by atoms with Crippen LogP contribution in [0.5, 0.6) is 0 Å². The molecular formula is C20H20N4O6S2. The summed E-state index contributed by atoms with van der Waals surface area (Å²) in [5, 5.41) is 9.52. The first-order chi connectivity index (χ1) is 15.1. The monoisotopic (exact) mass is 476 g/mol. The third kappa shape index (κ3) is 4.87. The summed E-state index contributed by atoms with van der Waals surface area (Å²) in [7, 11) is -7.08. The number of carbonyl (C=O) groups is 1. The van der Waals surface area contributed by atoms with Crippen LogP contribution in [0.2, 0.25) is 0 Å². The number of anilines is 1. The number of carbonyl (C=O) groups excluding carboxylic acids is 1. The maximum atomic E-state index is 13.0. The number of aromatic nitrogens is 2. The van der Waals surface area contributed by atoms with Gasteiger partial charge in [0, 0.05) is 24.9 Å². The lowest BCUT2D eigenvalue weighted by molar-refractivity contribution is 0.102. The Morgan fingerprint density at radius 3 is 2.41 bits per heavy atom.